The number of nitrogens with one attached hydrogen (secondary N) is 1. The van der Waals surface area contributed by atoms with Crippen LogP contribution in [-0.2, 0) is 4.79 Å². The minimum Gasteiger partial charge on any atom is -0.481 e. The lowest BCUT2D eigenvalue weighted by molar-refractivity contribution is -0.141. The molecule has 0 spiro atoms. The molecule has 2 atom stereocenters. The van der Waals surface area contributed by atoms with Gasteiger partial charge in [-0.25, -0.2) is 9.97 Å². The molecular weight excluding hydrogens is 242 g/mol. The molecule has 5 heteroatoms. The van der Waals surface area contributed by atoms with E-state index in [1.165, 1.54) is 0 Å². The van der Waals surface area contributed by atoms with Crippen molar-refractivity contribution in [2.45, 2.75) is 25.3 Å². The summed E-state index contributed by atoms with van der Waals surface area (Å²) in [6.07, 6.45) is 4.01. The highest BCUT2D eigenvalue weighted by molar-refractivity contribution is 5.78. The van der Waals surface area contributed by atoms with E-state index in [2.05, 4.69) is 15.3 Å². The Hall–Kier alpha value is -2.17. The van der Waals surface area contributed by atoms with Crippen molar-refractivity contribution < 1.29 is 9.90 Å². The molecule has 2 N–H and O–H groups in total. The first-order valence-corrected chi connectivity index (χ1v) is 6.43. The first-order valence-electron chi connectivity index (χ1n) is 6.43. The number of fused-ring (bicyclic) bond motifs is 1. The lowest BCUT2D eigenvalue weighted by Gasteiger charge is -2.12. The van der Waals surface area contributed by atoms with E-state index in [0.717, 1.165) is 23.7 Å². The van der Waals surface area contributed by atoms with Crippen LogP contribution in [-0.4, -0.2) is 27.1 Å². The lowest BCUT2D eigenvalue weighted by atomic mass is 10.1. The maximum absolute atomic E-state index is 10.9. The molecule has 19 heavy (non-hydrogen) atoms. The molecule has 0 amide bonds. The van der Waals surface area contributed by atoms with Gasteiger partial charge >= 0.3 is 5.97 Å². The molecule has 1 aliphatic rings. The van der Waals surface area contributed by atoms with Crippen molar-refractivity contribution in [3.05, 3.63) is 30.5 Å². The van der Waals surface area contributed by atoms with E-state index in [0.29, 0.717) is 12.4 Å². The smallest absolute Gasteiger partial charge is 0.306 e. The summed E-state index contributed by atoms with van der Waals surface area (Å²) in [6, 6.07) is 7.95. The number of anilines is 1. The monoisotopic (exact) mass is 257 g/mol. The van der Waals surface area contributed by atoms with Gasteiger partial charge in [0.1, 0.15) is 0 Å². The van der Waals surface area contributed by atoms with Crippen LogP contribution >= 0.6 is 0 Å². The Kier molecular flexibility index (Phi) is 3.03. The van der Waals surface area contributed by atoms with Crippen LogP contribution in [0, 0.1) is 5.92 Å². The van der Waals surface area contributed by atoms with E-state index in [4.69, 9.17) is 5.11 Å². The number of nitrogens with zero attached hydrogens (tertiary/aromatic N) is 2. The third-order valence-corrected chi connectivity index (χ3v) is 3.60. The standard InChI is InChI=1S/C14H15N3O2/c18-13(19)9-5-6-11(7-9)16-14-15-8-10-3-1-2-4-12(10)17-14/h1-4,8-9,11H,5-7H2,(H,18,19)(H,15,16,17). The molecule has 98 valence electrons. The van der Waals surface area contributed by atoms with Crippen molar-refractivity contribution in [2.75, 3.05) is 5.32 Å². The van der Waals surface area contributed by atoms with E-state index in [-0.39, 0.29) is 12.0 Å². The zero-order valence-electron chi connectivity index (χ0n) is 10.4. The first kappa shape index (κ1) is 11.9. The van der Waals surface area contributed by atoms with Gasteiger partial charge in [0.05, 0.1) is 11.4 Å². The van der Waals surface area contributed by atoms with E-state index in [1.807, 2.05) is 24.3 Å². The second-order valence-electron chi connectivity index (χ2n) is 4.94. The van der Waals surface area contributed by atoms with Gasteiger partial charge < -0.3 is 10.4 Å². The minimum atomic E-state index is -0.705. The normalized spacial score (nSPS) is 22.5. The van der Waals surface area contributed by atoms with E-state index in [1.54, 1.807) is 6.20 Å². The molecule has 3 rings (SSSR count). The van der Waals surface area contributed by atoms with Crippen molar-refractivity contribution in [3.8, 4) is 0 Å². The number of hydrogen-bond donors (Lipinski definition) is 2. The van der Waals surface area contributed by atoms with E-state index < -0.39 is 5.97 Å². The Morgan fingerprint density at radius 1 is 1.32 bits per heavy atom. The minimum absolute atomic E-state index is 0.155. The number of hydrogen-bond acceptors (Lipinski definition) is 4. The third kappa shape index (κ3) is 2.50. The second-order valence-corrected chi connectivity index (χ2v) is 4.94. The quantitative estimate of drug-likeness (QED) is 0.882. The molecule has 2 aromatic rings. The topological polar surface area (TPSA) is 75.1 Å². The van der Waals surface area contributed by atoms with Gasteiger partial charge in [0.2, 0.25) is 5.95 Å². The molecule has 1 aromatic heterocycles. The van der Waals surface area contributed by atoms with Crippen LogP contribution in [0.5, 0.6) is 0 Å². The van der Waals surface area contributed by atoms with Crippen LogP contribution < -0.4 is 5.32 Å². The number of carboxylic acid groups (broad SMARTS) is 1. The van der Waals surface area contributed by atoms with Gasteiger partial charge in [-0.05, 0) is 25.3 Å². The summed E-state index contributed by atoms with van der Waals surface area (Å²) < 4.78 is 0. The molecule has 0 bridgehead atoms. The molecular formula is C14H15N3O2. The Morgan fingerprint density at radius 2 is 2.16 bits per heavy atom. The highest BCUT2D eigenvalue weighted by Crippen LogP contribution is 2.27. The molecule has 0 aliphatic heterocycles. The van der Waals surface area contributed by atoms with Crippen molar-refractivity contribution in [3.63, 3.8) is 0 Å². The summed E-state index contributed by atoms with van der Waals surface area (Å²) >= 11 is 0. The van der Waals surface area contributed by atoms with Gasteiger partial charge in [-0.1, -0.05) is 18.2 Å². The number of aromatic nitrogens is 2. The summed E-state index contributed by atoms with van der Waals surface area (Å²) in [5.41, 5.74) is 0.896. The van der Waals surface area contributed by atoms with Crippen molar-refractivity contribution in [1.29, 1.82) is 0 Å². The van der Waals surface area contributed by atoms with Gasteiger partial charge in [0, 0.05) is 17.6 Å². The maximum Gasteiger partial charge on any atom is 0.306 e. The molecule has 5 nitrogen and oxygen atoms in total. The number of para-hydroxylation sites is 1. The van der Waals surface area contributed by atoms with Crippen molar-refractivity contribution in [2.24, 2.45) is 5.92 Å². The number of rotatable bonds is 3. The maximum atomic E-state index is 10.9. The number of aliphatic carboxylic acids is 1. The highest BCUT2D eigenvalue weighted by Gasteiger charge is 2.29. The fourth-order valence-corrected chi connectivity index (χ4v) is 2.56. The average Bonchev–Trinajstić information content (AvgIpc) is 2.87. The summed E-state index contributed by atoms with van der Waals surface area (Å²) in [7, 11) is 0. The van der Waals surface area contributed by atoms with Gasteiger partial charge in [-0.3, -0.25) is 4.79 Å². The fourth-order valence-electron chi connectivity index (χ4n) is 2.56. The molecule has 1 fully saturated rings. The predicted octanol–water partition coefficient (Wildman–Crippen LogP) is 2.29. The van der Waals surface area contributed by atoms with Crippen molar-refractivity contribution >= 4 is 22.8 Å². The van der Waals surface area contributed by atoms with Crippen LogP contribution in [0.4, 0.5) is 5.95 Å². The largest absolute Gasteiger partial charge is 0.481 e. The zero-order chi connectivity index (χ0) is 13.2. The van der Waals surface area contributed by atoms with Gasteiger partial charge in [-0.2, -0.15) is 0 Å². The Labute approximate surface area is 110 Å². The summed E-state index contributed by atoms with van der Waals surface area (Å²) in [4.78, 5) is 19.6. The Bertz CT molecular complexity index is 614. The van der Waals surface area contributed by atoms with E-state index >= 15 is 0 Å². The molecule has 0 radical (unpaired) electrons. The molecule has 1 aliphatic carbocycles. The summed E-state index contributed by atoms with van der Waals surface area (Å²) in [5, 5.41) is 13.2. The summed E-state index contributed by atoms with van der Waals surface area (Å²) in [5.74, 6) is -0.364. The van der Waals surface area contributed by atoms with E-state index in [9.17, 15) is 4.79 Å². The average molecular weight is 257 g/mol. The fraction of sp³-hybridized carbons (Fsp3) is 0.357. The SMILES string of the molecule is O=C(O)C1CCC(Nc2ncc3ccccc3n2)C1. The van der Waals surface area contributed by atoms with Crippen LogP contribution in [0.2, 0.25) is 0 Å². The van der Waals surface area contributed by atoms with Gasteiger partial charge in [0.25, 0.3) is 0 Å². The number of carboxylic acids is 1. The predicted molar refractivity (Wildman–Crippen MR) is 71.9 cm³/mol. The molecule has 1 aromatic carbocycles. The Morgan fingerprint density at radius 3 is 2.95 bits per heavy atom. The second kappa shape index (κ2) is 4.84. The summed E-state index contributed by atoms with van der Waals surface area (Å²) in [6.45, 7) is 0. The molecule has 1 heterocycles. The van der Waals surface area contributed by atoms with Crippen LogP contribution in [0.3, 0.4) is 0 Å². The first-order chi connectivity index (χ1) is 9.22. The third-order valence-electron chi connectivity index (χ3n) is 3.60. The molecule has 0 saturated heterocycles. The van der Waals surface area contributed by atoms with Crippen molar-refractivity contribution in [1.82, 2.24) is 9.97 Å². The zero-order valence-corrected chi connectivity index (χ0v) is 10.4. The van der Waals surface area contributed by atoms with Crippen LogP contribution in [0.15, 0.2) is 30.5 Å². The molecule has 2 unspecified atom stereocenters. The van der Waals surface area contributed by atoms with Gasteiger partial charge in [0.15, 0.2) is 0 Å². The Balaban J connectivity index is 1.73. The number of benzene rings is 1. The highest BCUT2D eigenvalue weighted by atomic mass is 16.4. The van der Waals surface area contributed by atoms with Crippen LogP contribution in [0.25, 0.3) is 10.9 Å². The number of carbonyl (C=O) groups is 1. The lowest BCUT2D eigenvalue weighted by Crippen LogP contribution is -2.19. The van der Waals surface area contributed by atoms with Gasteiger partial charge in [-0.15, -0.1) is 0 Å². The van der Waals surface area contributed by atoms with Crippen LogP contribution in [0.1, 0.15) is 19.3 Å². The molecule has 1 saturated carbocycles.